The van der Waals surface area contributed by atoms with Gasteiger partial charge in [-0.3, -0.25) is 4.98 Å². The van der Waals surface area contributed by atoms with Crippen LogP contribution in [0.4, 0.5) is 8.78 Å². The number of nitrogens with one attached hydrogen (secondary N) is 1. The molecule has 2 aromatic rings. The Morgan fingerprint density at radius 3 is 2.38 bits per heavy atom. The molecule has 1 aliphatic rings. The first kappa shape index (κ1) is 25.7. The second-order valence-corrected chi connectivity index (χ2v) is 8.79. The lowest BCUT2D eigenvalue weighted by Gasteiger charge is -2.35. The molecular weight excluding hydrogens is 404 g/mol. The molecule has 2 heterocycles. The minimum atomic E-state index is -1.17. The van der Waals surface area contributed by atoms with Crippen LogP contribution >= 0.6 is 0 Å². The van der Waals surface area contributed by atoms with Gasteiger partial charge in [0.15, 0.2) is 0 Å². The average Bonchev–Trinajstić information content (AvgIpc) is 2.75. The number of hydrogen-bond acceptors (Lipinski definition) is 3. The predicted molar refractivity (Wildman–Crippen MR) is 132 cm³/mol. The van der Waals surface area contributed by atoms with Gasteiger partial charge < -0.3 is 10.2 Å². The lowest BCUT2D eigenvalue weighted by molar-refractivity contribution is 0.103. The summed E-state index contributed by atoms with van der Waals surface area (Å²) in [5.74, 6) is -0.359. The highest BCUT2D eigenvalue weighted by Crippen LogP contribution is 2.29. The van der Waals surface area contributed by atoms with Crippen molar-refractivity contribution >= 4 is 5.57 Å². The monoisotopic (exact) mass is 441 g/mol. The number of alkyl halides is 1. The van der Waals surface area contributed by atoms with Gasteiger partial charge in [0.2, 0.25) is 0 Å². The second kappa shape index (κ2) is 11.4. The first-order chi connectivity index (χ1) is 15.1. The summed E-state index contributed by atoms with van der Waals surface area (Å²) in [6.45, 7) is 19.9. The van der Waals surface area contributed by atoms with Gasteiger partial charge in [0.25, 0.3) is 0 Å². The molecule has 1 fully saturated rings. The Morgan fingerprint density at radius 2 is 1.78 bits per heavy atom. The molecule has 1 aliphatic heterocycles. The van der Waals surface area contributed by atoms with E-state index in [1.165, 1.54) is 12.3 Å². The Hall–Kier alpha value is -2.53. The van der Waals surface area contributed by atoms with E-state index in [0.29, 0.717) is 12.6 Å². The fourth-order valence-corrected chi connectivity index (χ4v) is 3.96. The highest BCUT2D eigenvalue weighted by molar-refractivity contribution is 5.81. The van der Waals surface area contributed by atoms with Crippen molar-refractivity contribution < 1.29 is 8.78 Å². The van der Waals surface area contributed by atoms with Crippen LogP contribution in [0.2, 0.25) is 0 Å². The van der Waals surface area contributed by atoms with E-state index in [2.05, 4.69) is 28.4 Å². The van der Waals surface area contributed by atoms with E-state index in [4.69, 9.17) is 0 Å². The molecule has 0 atom stereocenters. The van der Waals surface area contributed by atoms with Crippen molar-refractivity contribution in [1.29, 1.82) is 0 Å². The van der Waals surface area contributed by atoms with Gasteiger partial charge >= 0.3 is 0 Å². The molecule has 1 aromatic carbocycles. The summed E-state index contributed by atoms with van der Waals surface area (Å²) in [7, 11) is 0. The summed E-state index contributed by atoms with van der Waals surface area (Å²) >= 11 is 0. The van der Waals surface area contributed by atoms with E-state index in [1.54, 1.807) is 20.0 Å². The third kappa shape index (κ3) is 7.27. The van der Waals surface area contributed by atoms with Gasteiger partial charge in [0, 0.05) is 43.1 Å². The Labute approximate surface area is 192 Å². The van der Waals surface area contributed by atoms with Crippen molar-refractivity contribution in [3.05, 3.63) is 72.5 Å². The predicted octanol–water partition coefficient (Wildman–Crippen LogP) is 6.55. The number of piperidine rings is 1. The van der Waals surface area contributed by atoms with Crippen LogP contribution in [0.3, 0.4) is 0 Å². The van der Waals surface area contributed by atoms with Crippen LogP contribution in [0.1, 0.15) is 51.7 Å². The van der Waals surface area contributed by atoms with E-state index in [0.717, 1.165) is 59.5 Å². The minimum absolute atomic E-state index is 0.295. The molecule has 0 amide bonds. The summed E-state index contributed by atoms with van der Waals surface area (Å²) in [4.78, 5) is 6.12. The summed E-state index contributed by atoms with van der Waals surface area (Å²) in [6, 6.07) is 7.74. The Balaban J connectivity index is 0.00000176. The Bertz CT molecular complexity index is 923. The van der Waals surface area contributed by atoms with E-state index in [9.17, 15) is 8.78 Å². The molecule has 1 saturated heterocycles. The number of hydrogen-bond donors (Lipinski definition) is 1. The smallest absolute Gasteiger partial charge is 0.142 e. The topological polar surface area (TPSA) is 28.2 Å². The first-order valence-electron chi connectivity index (χ1n) is 11.4. The van der Waals surface area contributed by atoms with Crippen molar-refractivity contribution in [2.24, 2.45) is 0 Å². The SMILES string of the molecule is C=C(NC1CCN(CC(C)(C)F)CC1)C(=C)c1cc(-c2cncc(F)c2)ccc1C.CC. The van der Waals surface area contributed by atoms with Crippen molar-refractivity contribution in [3.63, 3.8) is 0 Å². The van der Waals surface area contributed by atoms with Gasteiger partial charge in [-0.1, -0.05) is 39.1 Å². The van der Waals surface area contributed by atoms with E-state index >= 15 is 0 Å². The number of likely N-dealkylation sites (tertiary alicyclic amines) is 1. The molecule has 0 saturated carbocycles. The standard InChI is InChI=1S/C25H31F2N3.C2H6/c1-17-6-7-20(21-12-22(26)15-28-14-21)13-24(17)18(2)19(3)29-23-8-10-30(11-9-23)16-25(4,5)27;1-2/h6-7,12-15,23,29H,2-3,8-11,16H2,1,4-5H3;1-2H3. The Morgan fingerprint density at radius 1 is 1.12 bits per heavy atom. The first-order valence-corrected chi connectivity index (χ1v) is 11.4. The zero-order chi connectivity index (χ0) is 23.9. The normalized spacial score (nSPS) is 15.0. The summed E-state index contributed by atoms with van der Waals surface area (Å²) in [5.41, 5.74) is 4.12. The van der Waals surface area contributed by atoms with Crippen LogP contribution < -0.4 is 5.32 Å². The number of benzene rings is 1. The van der Waals surface area contributed by atoms with Crippen LogP contribution in [0, 0.1) is 12.7 Å². The summed E-state index contributed by atoms with van der Waals surface area (Å²) in [5, 5.41) is 3.51. The third-order valence-electron chi connectivity index (χ3n) is 5.53. The summed E-state index contributed by atoms with van der Waals surface area (Å²) < 4.78 is 27.5. The largest absolute Gasteiger partial charge is 0.382 e. The molecule has 0 radical (unpaired) electrons. The van der Waals surface area contributed by atoms with Crippen molar-refractivity contribution in [2.75, 3.05) is 19.6 Å². The minimum Gasteiger partial charge on any atom is -0.382 e. The van der Waals surface area contributed by atoms with Crippen molar-refractivity contribution in [1.82, 2.24) is 15.2 Å². The molecule has 1 aromatic heterocycles. The molecule has 0 aliphatic carbocycles. The lowest BCUT2D eigenvalue weighted by Crippen LogP contribution is -2.45. The van der Waals surface area contributed by atoms with Crippen LogP contribution in [0.5, 0.6) is 0 Å². The van der Waals surface area contributed by atoms with Gasteiger partial charge in [-0.2, -0.15) is 0 Å². The molecule has 174 valence electrons. The molecule has 1 N–H and O–H groups in total. The zero-order valence-corrected chi connectivity index (χ0v) is 20.1. The number of nitrogens with zero attached hydrogens (tertiary/aromatic N) is 2. The van der Waals surface area contributed by atoms with E-state index < -0.39 is 5.67 Å². The van der Waals surface area contributed by atoms with E-state index in [1.807, 2.05) is 39.0 Å². The fraction of sp³-hybridized carbons (Fsp3) is 0.444. The molecule has 32 heavy (non-hydrogen) atoms. The maximum atomic E-state index is 13.9. The van der Waals surface area contributed by atoms with E-state index in [-0.39, 0.29) is 5.82 Å². The van der Waals surface area contributed by atoms with Crippen LogP contribution in [-0.4, -0.2) is 41.2 Å². The van der Waals surface area contributed by atoms with Crippen LogP contribution in [0.15, 0.2) is 55.5 Å². The number of rotatable bonds is 7. The highest BCUT2D eigenvalue weighted by Gasteiger charge is 2.25. The number of allylic oxidation sites excluding steroid dienone is 1. The van der Waals surface area contributed by atoms with Gasteiger partial charge in [-0.25, -0.2) is 8.78 Å². The number of halogens is 2. The molecular formula is C27H37F2N3. The quantitative estimate of drug-likeness (QED) is 0.494. The molecule has 0 unspecified atom stereocenters. The molecule has 3 rings (SSSR count). The summed E-state index contributed by atoms with van der Waals surface area (Å²) in [6.07, 6.45) is 4.73. The fourth-order valence-electron chi connectivity index (χ4n) is 3.96. The number of pyridine rings is 1. The second-order valence-electron chi connectivity index (χ2n) is 8.79. The third-order valence-corrected chi connectivity index (χ3v) is 5.53. The van der Waals surface area contributed by atoms with Crippen molar-refractivity contribution in [2.45, 2.75) is 59.2 Å². The van der Waals surface area contributed by atoms with Gasteiger partial charge in [-0.15, -0.1) is 0 Å². The van der Waals surface area contributed by atoms with Gasteiger partial charge in [0.05, 0.1) is 6.20 Å². The van der Waals surface area contributed by atoms with Gasteiger partial charge in [0.1, 0.15) is 11.5 Å². The molecule has 0 spiro atoms. The Kier molecular flexibility index (Phi) is 9.14. The lowest BCUT2D eigenvalue weighted by atomic mass is 9.94. The maximum Gasteiger partial charge on any atom is 0.142 e. The van der Waals surface area contributed by atoms with Gasteiger partial charge in [-0.05, 0) is 68.0 Å². The highest BCUT2D eigenvalue weighted by atomic mass is 19.1. The molecule has 3 nitrogen and oxygen atoms in total. The van der Waals surface area contributed by atoms with Crippen LogP contribution in [0.25, 0.3) is 16.7 Å². The average molecular weight is 442 g/mol. The zero-order valence-electron chi connectivity index (χ0n) is 20.1. The van der Waals surface area contributed by atoms with Crippen LogP contribution in [-0.2, 0) is 0 Å². The molecule has 5 heteroatoms. The maximum absolute atomic E-state index is 13.9. The number of aryl methyl sites for hydroxylation is 1. The molecule has 0 bridgehead atoms. The number of aromatic nitrogens is 1. The van der Waals surface area contributed by atoms with Crippen molar-refractivity contribution in [3.8, 4) is 11.1 Å².